The number of aromatic nitrogens is 1. The van der Waals surface area contributed by atoms with Gasteiger partial charge in [-0.3, -0.25) is 19.9 Å². The highest BCUT2D eigenvalue weighted by Gasteiger charge is 2.34. The van der Waals surface area contributed by atoms with E-state index in [2.05, 4.69) is 9.71 Å². The molecule has 1 aromatic carbocycles. The van der Waals surface area contributed by atoms with Crippen molar-refractivity contribution in [3.63, 3.8) is 0 Å². The SMILES string of the molecule is O=C(CCNS(=O)(=O)c1cccnc1)N1CCN(c2ccc(C(F)(F)F)cc2[N+](=O)[O-])CC1. The van der Waals surface area contributed by atoms with Gasteiger partial charge in [-0.2, -0.15) is 13.2 Å². The quantitative estimate of drug-likeness (QED) is 0.468. The lowest BCUT2D eigenvalue weighted by Gasteiger charge is -2.36. The average Bonchev–Trinajstić information content (AvgIpc) is 2.78. The summed E-state index contributed by atoms with van der Waals surface area (Å²) >= 11 is 0. The molecule has 0 radical (unpaired) electrons. The lowest BCUT2D eigenvalue weighted by atomic mass is 10.1. The molecule has 1 fully saturated rings. The molecule has 2 heterocycles. The molecular weight excluding hydrogens is 467 g/mol. The molecule has 1 aliphatic heterocycles. The van der Waals surface area contributed by atoms with Gasteiger partial charge in [-0.1, -0.05) is 0 Å². The number of rotatable bonds is 7. The topological polar surface area (TPSA) is 126 Å². The van der Waals surface area contributed by atoms with Crippen LogP contribution in [0.2, 0.25) is 0 Å². The van der Waals surface area contributed by atoms with Crippen molar-refractivity contribution in [2.24, 2.45) is 0 Å². The third-order valence-electron chi connectivity index (χ3n) is 5.05. The molecular formula is C19H20F3N5O5S. The van der Waals surface area contributed by atoms with Gasteiger partial charge >= 0.3 is 6.18 Å². The summed E-state index contributed by atoms with van der Waals surface area (Å²) in [7, 11) is -3.79. The Bertz CT molecular complexity index is 1120. The number of halogens is 3. The van der Waals surface area contributed by atoms with Crippen molar-refractivity contribution in [1.82, 2.24) is 14.6 Å². The molecule has 1 N–H and O–H groups in total. The van der Waals surface area contributed by atoms with E-state index in [1.165, 1.54) is 29.4 Å². The van der Waals surface area contributed by atoms with Crippen LogP contribution in [0.25, 0.3) is 0 Å². The molecule has 178 valence electrons. The largest absolute Gasteiger partial charge is 0.416 e. The van der Waals surface area contributed by atoms with Crippen LogP contribution in [0.5, 0.6) is 0 Å². The summed E-state index contributed by atoms with van der Waals surface area (Å²) in [5.41, 5.74) is -1.72. The van der Waals surface area contributed by atoms with Crippen molar-refractivity contribution in [2.75, 3.05) is 37.6 Å². The van der Waals surface area contributed by atoms with Crippen molar-refractivity contribution in [1.29, 1.82) is 0 Å². The molecule has 0 unspecified atom stereocenters. The summed E-state index contributed by atoms with van der Waals surface area (Å²) in [6, 6.07) is 5.19. The smallest absolute Gasteiger partial charge is 0.362 e. The zero-order valence-electron chi connectivity index (χ0n) is 17.2. The highest BCUT2D eigenvalue weighted by molar-refractivity contribution is 7.89. The first kappa shape index (κ1) is 24.4. The van der Waals surface area contributed by atoms with Gasteiger partial charge in [-0.15, -0.1) is 0 Å². The second kappa shape index (κ2) is 9.70. The number of nitro benzene ring substituents is 1. The molecule has 14 heteroatoms. The molecule has 33 heavy (non-hydrogen) atoms. The molecule has 10 nitrogen and oxygen atoms in total. The van der Waals surface area contributed by atoms with Gasteiger partial charge in [0.25, 0.3) is 5.69 Å². The highest BCUT2D eigenvalue weighted by atomic mass is 32.2. The minimum absolute atomic E-state index is 0.0239. The first-order chi connectivity index (χ1) is 15.5. The number of nitro groups is 1. The molecule has 1 amide bonds. The maximum Gasteiger partial charge on any atom is 0.416 e. The molecule has 0 bridgehead atoms. The lowest BCUT2D eigenvalue weighted by Crippen LogP contribution is -2.49. The predicted molar refractivity (Wildman–Crippen MR) is 111 cm³/mol. The van der Waals surface area contributed by atoms with E-state index in [0.717, 1.165) is 12.1 Å². The maximum absolute atomic E-state index is 12.9. The van der Waals surface area contributed by atoms with E-state index in [1.807, 2.05) is 0 Å². The number of carbonyl (C=O) groups is 1. The van der Waals surface area contributed by atoms with E-state index in [-0.39, 0.29) is 55.6 Å². The number of nitrogens with one attached hydrogen (secondary N) is 1. The maximum atomic E-state index is 12.9. The van der Waals surface area contributed by atoms with Gasteiger partial charge in [0.1, 0.15) is 10.6 Å². The second-order valence-corrected chi connectivity index (χ2v) is 8.93. The number of hydrogen-bond acceptors (Lipinski definition) is 7. The Hall–Kier alpha value is -3.26. The summed E-state index contributed by atoms with van der Waals surface area (Å²) in [6.07, 6.45) is -2.18. The Kier molecular flexibility index (Phi) is 7.17. The van der Waals surface area contributed by atoms with Gasteiger partial charge < -0.3 is 9.80 Å². The van der Waals surface area contributed by atoms with Gasteiger partial charge in [0.05, 0.1) is 10.5 Å². The number of pyridine rings is 1. The van der Waals surface area contributed by atoms with Crippen molar-refractivity contribution in [3.05, 3.63) is 58.4 Å². The second-order valence-electron chi connectivity index (χ2n) is 7.16. The number of amides is 1. The number of carbonyl (C=O) groups excluding carboxylic acids is 1. The van der Waals surface area contributed by atoms with Gasteiger partial charge in [-0.05, 0) is 24.3 Å². The van der Waals surface area contributed by atoms with Crippen LogP contribution in [0.15, 0.2) is 47.6 Å². The van der Waals surface area contributed by atoms with Gasteiger partial charge in [0.2, 0.25) is 15.9 Å². The van der Waals surface area contributed by atoms with Crippen LogP contribution in [0.1, 0.15) is 12.0 Å². The highest BCUT2D eigenvalue weighted by Crippen LogP contribution is 2.36. The summed E-state index contributed by atoms with van der Waals surface area (Å²) in [4.78, 5) is 29.6. The number of benzene rings is 1. The molecule has 1 saturated heterocycles. The van der Waals surface area contributed by atoms with E-state index in [9.17, 15) is 36.5 Å². The molecule has 1 aromatic heterocycles. The summed E-state index contributed by atoms with van der Waals surface area (Å²) in [5, 5.41) is 11.3. The predicted octanol–water partition coefficient (Wildman–Crippen LogP) is 2.03. The Labute approximate surface area is 187 Å². The molecule has 0 spiro atoms. The minimum Gasteiger partial charge on any atom is -0.362 e. The fourth-order valence-corrected chi connectivity index (χ4v) is 4.34. The van der Waals surface area contributed by atoms with Crippen LogP contribution in [0.4, 0.5) is 24.5 Å². The van der Waals surface area contributed by atoms with Gasteiger partial charge in [0.15, 0.2) is 0 Å². The number of nitrogens with zero attached hydrogens (tertiary/aromatic N) is 4. The van der Waals surface area contributed by atoms with E-state index in [0.29, 0.717) is 6.07 Å². The summed E-state index contributed by atoms with van der Waals surface area (Å²) in [6.45, 7) is 0.609. The van der Waals surface area contributed by atoms with Crippen LogP contribution < -0.4 is 9.62 Å². The fraction of sp³-hybridized carbons (Fsp3) is 0.368. The Morgan fingerprint density at radius 3 is 2.45 bits per heavy atom. The average molecular weight is 487 g/mol. The molecule has 0 aliphatic carbocycles. The first-order valence-electron chi connectivity index (χ1n) is 9.77. The van der Waals surface area contributed by atoms with Crippen molar-refractivity contribution >= 4 is 27.3 Å². The molecule has 0 saturated carbocycles. The number of hydrogen-bond donors (Lipinski definition) is 1. The van der Waals surface area contributed by atoms with Gasteiger partial charge in [-0.25, -0.2) is 13.1 Å². The van der Waals surface area contributed by atoms with E-state index in [1.54, 1.807) is 4.90 Å². The minimum atomic E-state index is -4.70. The fourth-order valence-electron chi connectivity index (χ4n) is 3.35. The number of anilines is 1. The lowest BCUT2D eigenvalue weighted by molar-refractivity contribution is -0.384. The number of sulfonamides is 1. The van der Waals surface area contributed by atoms with Gasteiger partial charge in [0, 0.05) is 57.6 Å². The monoisotopic (exact) mass is 487 g/mol. The Morgan fingerprint density at radius 1 is 1.18 bits per heavy atom. The molecule has 0 atom stereocenters. The van der Waals surface area contributed by atoms with Crippen LogP contribution in [0.3, 0.4) is 0 Å². The van der Waals surface area contributed by atoms with Crippen molar-refractivity contribution in [3.8, 4) is 0 Å². The zero-order chi connectivity index (χ0) is 24.2. The number of alkyl halides is 3. The standard InChI is InChI=1S/C19H20F3N5O5S/c20-19(21,22)14-3-4-16(17(12-14)27(29)30)25-8-10-26(11-9-25)18(28)5-7-24-33(31,32)15-2-1-6-23-13-15/h1-4,6,12-13,24H,5,7-11H2. The van der Waals surface area contributed by atoms with Crippen LogP contribution in [-0.2, 0) is 21.0 Å². The number of piperazine rings is 1. The zero-order valence-corrected chi connectivity index (χ0v) is 18.0. The van der Waals surface area contributed by atoms with Crippen molar-refractivity contribution < 1.29 is 31.3 Å². The van der Waals surface area contributed by atoms with Crippen LogP contribution in [-0.4, -0.2) is 61.9 Å². The van der Waals surface area contributed by atoms with E-state index < -0.39 is 32.4 Å². The van der Waals surface area contributed by atoms with E-state index in [4.69, 9.17) is 0 Å². The Morgan fingerprint density at radius 2 is 1.88 bits per heavy atom. The third-order valence-corrected chi connectivity index (χ3v) is 6.49. The van der Waals surface area contributed by atoms with Crippen molar-refractivity contribution in [2.45, 2.75) is 17.5 Å². The van der Waals surface area contributed by atoms with E-state index >= 15 is 0 Å². The summed E-state index contributed by atoms with van der Waals surface area (Å²) in [5.74, 6) is -0.314. The normalized spacial score (nSPS) is 14.9. The van der Waals surface area contributed by atoms with Crippen LogP contribution >= 0.6 is 0 Å². The molecule has 1 aliphatic rings. The molecule has 2 aromatic rings. The Balaban J connectivity index is 1.56. The first-order valence-corrected chi connectivity index (χ1v) is 11.3. The third kappa shape index (κ3) is 5.96. The summed E-state index contributed by atoms with van der Waals surface area (Å²) < 4.78 is 65.3. The van der Waals surface area contributed by atoms with Crippen LogP contribution in [0, 0.1) is 10.1 Å². The molecule has 3 rings (SSSR count).